The zero-order chi connectivity index (χ0) is 13.7. The van der Waals surface area contributed by atoms with Gasteiger partial charge < -0.3 is 5.73 Å². The van der Waals surface area contributed by atoms with Crippen LogP contribution in [0.4, 0.5) is 5.69 Å². The summed E-state index contributed by atoms with van der Waals surface area (Å²) in [6.07, 6.45) is 0. The summed E-state index contributed by atoms with van der Waals surface area (Å²) in [5.41, 5.74) is 7.22. The maximum atomic E-state index is 12.5. The number of nitrogen functional groups attached to an aromatic ring is 1. The lowest BCUT2D eigenvalue weighted by Crippen LogP contribution is -2.23. The monoisotopic (exact) mass is 335 g/mol. The second-order valence-electron chi connectivity index (χ2n) is 4.21. The molecule has 0 saturated heterocycles. The van der Waals surface area contributed by atoms with Crippen LogP contribution in [0, 0.1) is 0 Å². The highest BCUT2D eigenvalue weighted by Crippen LogP contribution is 2.38. The van der Waals surface area contributed by atoms with Crippen molar-refractivity contribution in [3.05, 3.63) is 62.1 Å². The first-order valence-corrected chi connectivity index (χ1v) is 6.65. The van der Waals surface area contributed by atoms with Gasteiger partial charge in [-0.2, -0.15) is 0 Å². The Hall–Kier alpha value is -1.65. The van der Waals surface area contributed by atoms with E-state index in [1.807, 2.05) is 0 Å². The number of ketones is 2. The topological polar surface area (TPSA) is 60.2 Å². The van der Waals surface area contributed by atoms with E-state index in [0.29, 0.717) is 15.6 Å². The van der Waals surface area contributed by atoms with E-state index in [-0.39, 0.29) is 33.4 Å². The van der Waals surface area contributed by atoms with Gasteiger partial charge in [0.15, 0.2) is 11.6 Å². The highest BCUT2D eigenvalue weighted by Gasteiger charge is 2.33. The van der Waals surface area contributed by atoms with E-state index in [9.17, 15) is 9.59 Å². The molecule has 1 aliphatic rings. The number of fused-ring (bicyclic) bond motifs is 2. The zero-order valence-electron chi connectivity index (χ0n) is 9.54. The molecule has 0 atom stereocenters. The van der Waals surface area contributed by atoms with E-state index < -0.39 is 0 Å². The van der Waals surface area contributed by atoms with Crippen LogP contribution in [-0.2, 0) is 0 Å². The van der Waals surface area contributed by atoms with Crippen molar-refractivity contribution in [2.75, 3.05) is 5.73 Å². The van der Waals surface area contributed by atoms with Crippen LogP contribution in [0.1, 0.15) is 31.8 Å². The van der Waals surface area contributed by atoms with Crippen molar-refractivity contribution in [3.63, 3.8) is 0 Å². The maximum absolute atomic E-state index is 12.5. The van der Waals surface area contributed by atoms with Crippen LogP contribution in [0.3, 0.4) is 0 Å². The van der Waals surface area contributed by atoms with Crippen LogP contribution in [0.15, 0.2) is 34.8 Å². The molecule has 0 aromatic heterocycles. The predicted octanol–water partition coefficient (Wildman–Crippen LogP) is 3.46. The first-order chi connectivity index (χ1) is 9.02. The standard InChI is InChI=1S/C14H7BrClNO2/c15-8-5-9(16)12(17)11-10(8)13(18)6-3-1-2-4-7(6)14(11)19/h1-5H,17H2. The van der Waals surface area contributed by atoms with Crippen LogP contribution < -0.4 is 5.73 Å². The van der Waals surface area contributed by atoms with Crippen molar-refractivity contribution < 1.29 is 9.59 Å². The second-order valence-corrected chi connectivity index (χ2v) is 5.47. The quantitative estimate of drug-likeness (QED) is 0.640. The van der Waals surface area contributed by atoms with Crippen molar-refractivity contribution in [3.8, 4) is 0 Å². The summed E-state index contributed by atoms with van der Waals surface area (Å²) in [7, 11) is 0. The fourth-order valence-electron chi connectivity index (χ4n) is 2.24. The molecule has 0 unspecified atom stereocenters. The third-order valence-corrected chi connectivity index (χ3v) is 4.08. The fraction of sp³-hybridized carbons (Fsp3) is 0. The number of anilines is 1. The molecule has 2 aromatic rings. The van der Waals surface area contributed by atoms with Crippen LogP contribution in [-0.4, -0.2) is 11.6 Å². The first kappa shape index (κ1) is 12.4. The molecule has 0 spiro atoms. The molecule has 1 aliphatic carbocycles. The molecule has 19 heavy (non-hydrogen) atoms. The summed E-state index contributed by atoms with van der Waals surface area (Å²) in [6.45, 7) is 0. The van der Waals surface area contributed by atoms with E-state index in [4.69, 9.17) is 17.3 Å². The molecule has 5 heteroatoms. The van der Waals surface area contributed by atoms with Gasteiger partial charge in [-0.3, -0.25) is 9.59 Å². The van der Waals surface area contributed by atoms with E-state index in [2.05, 4.69) is 15.9 Å². The summed E-state index contributed by atoms with van der Waals surface area (Å²) in [5, 5.41) is 0.256. The fourth-order valence-corrected chi connectivity index (χ4v) is 3.18. The zero-order valence-corrected chi connectivity index (χ0v) is 11.9. The van der Waals surface area contributed by atoms with Crippen molar-refractivity contribution in [1.29, 1.82) is 0 Å². The molecule has 94 valence electrons. The van der Waals surface area contributed by atoms with Crippen molar-refractivity contribution in [2.45, 2.75) is 0 Å². The number of carbonyl (C=O) groups is 2. The van der Waals surface area contributed by atoms with Crippen molar-refractivity contribution >= 4 is 44.8 Å². The molecule has 0 saturated carbocycles. The Bertz CT molecular complexity index is 755. The minimum atomic E-state index is -0.272. The second kappa shape index (κ2) is 4.18. The average molecular weight is 337 g/mol. The van der Waals surface area contributed by atoms with Gasteiger partial charge >= 0.3 is 0 Å². The van der Waals surface area contributed by atoms with Gasteiger partial charge in [-0.05, 0) is 22.0 Å². The lowest BCUT2D eigenvalue weighted by atomic mass is 9.83. The summed E-state index contributed by atoms with van der Waals surface area (Å²) in [6, 6.07) is 8.23. The van der Waals surface area contributed by atoms with E-state index in [0.717, 1.165) is 0 Å². The first-order valence-electron chi connectivity index (χ1n) is 5.48. The summed E-state index contributed by atoms with van der Waals surface area (Å²) in [4.78, 5) is 24.9. The molecule has 0 bridgehead atoms. The van der Waals surface area contributed by atoms with Gasteiger partial charge in [-0.15, -0.1) is 0 Å². The van der Waals surface area contributed by atoms with Gasteiger partial charge in [-0.1, -0.05) is 35.9 Å². The molecule has 0 aliphatic heterocycles. The molecule has 3 rings (SSSR count). The minimum absolute atomic E-state index is 0.146. The highest BCUT2D eigenvalue weighted by atomic mass is 79.9. The molecule has 2 N–H and O–H groups in total. The number of hydrogen-bond donors (Lipinski definition) is 1. The van der Waals surface area contributed by atoms with Gasteiger partial charge in [0.2, 0.25) is 0 Å². The Morgan fingerprint density at radius 1 is 1.00 bits per heavy atom. The smallest absolute Gasteiger partial charge is 0.196 e. The van der Waals surface area contributed by atoms with Crippen LogP contribution >= 0.6 is 27.5 Å². The Morgan fingerprint density at radius 3 is 2.11 bits per heavy atom. The molecule has 0 amide bonds. The van der Waals surface area contributed by atoms with Crippen molar-refractivity contribution in [1.82, 2.24) is 0 Å². The Labute approximate surface area is 122 Å². The van der Waals surface area contributed by atoms with Gasteiger partial charge in [-0.25, -0.2) is 0 Å². The van der Waals surface area contributed by atoms with Gasteiger partial charge in [0.1, 0.15) is 0 Å². The number of halogens is 2. The molecule has 0 radical (unpaired) electrons. The predicted molar refractivity (Wildman–Crippen MR) is 76.9 cm³/mol. The number of hydrogen-bond acceptors (Lipinski definition) is 3. The minimum Gasteiger partial charge on any atom is -0.397 e. The van der Waals surface area contributed by atoms with Crippen molar-refractivity contribution in [2.24, 2.45) is 0 Å². The highest BCUT2D eigenvalue weighted by molar-refractivity contribution is 9.10. The largest absolute Gasteiger partial charge is 0.397 e. The number of rotatable bonds is 0. The lowest BCUT2D eigenvalue weighted by molar-refractivity contribution is 0.0979. The van der Waals surface area contributed by atoms with Gasteiger partial charge in [0, 0.05) is 15.6 Å². The maximum Gasteiger partial charge on any atom is 0.196 e. The van der Waals surface area contributed by atoms with E-state index >= 15 is 0 Å². The number of nitrogens with two attached hydrogens (primary N) is 1. The van der Waals surface area contributed by atoms with Gasteiger partial charge in [0.05, 0.1) is 21.8 Å². The Balaban J connectivity index is 2.43. The lowest BCUT2D eigenvalue weighted by Gasteiger charge is -2.20. The summed E-state index contributed by atoms with van der Waals surface area (Å²) < 4.78 is 0.481. The molecule has 0 fully saturated rings. The summed E-state index contributed by atoms with van der Waals surface area (Å²) in [5.74, 6) is -0.494. The normalized spacial score (nSPS) is 13.2. The Morgan fingerprint density at radius 2 is 1.53 bits per heavy atom. The average Bonchev–Trinajstić information content (AvgIpc) is 2.40. The SMILES string of the molecule is Nc1c(Cl)cc(Br)c2c1C(=O)c1ccccc1C2=O. The number of carbonyl (C=O) groups excluding carboxylic acids is 2. The molecular weight excluding hydrogens is 330 g/mol. The van der Waals surface area contributed by atoms with E-state index in [1.54, 1.807) is 24.3 Å². The third-order valence-electron chi connectivity index (χ3n) is 3.14. The molecule has 3 nitrogen and oxygen atoms in total. The molecule has 0 heterocycles. The van der Waals surface area contributed by atoms with Gasteiger partial charge in [0.25, 0.3) is 0 Å². The molecule has 2 aromatic carbocycles. The number of benzene rings is 2. The van der Waals surface area contributed by atoms with Crippen LogP contribution in [0.25, 0.3) is 0 Å². The van der Waals surface area contributed by atoms with E-state index in [1.165, 1.54) is 6.07 Å². The molecular formula is C14H7BrClNO2. The third kappa shape index (κ3) is 1.64. The van der Waals surface area contributed by atoms with Crippen LogP contribution in [0.2, 0.25) is 5.02 Å². The Kier molecular flexibility index (Phi) is 2.73. The summed E-state index contributed by atoms with van der Waals surface area (Å²) >= 11 is 9.25. The van der Waals surface area contributed by atoms with Crippen LogP contribution in [0.5, 0.6) is 0 Å².